The van der Waals surface area contributed by atoms with Crippen molar-refractivity contribution in [2.75, 3.05) is 6.61 Å². The Hall–Kier alpha value is -3.85. The molecule has 0 saturated carbocycles. The van der Waals surface area contributed by atoms with E-state index in [4.69, 9.17) is 14.6 Å². The molecule has 0 amide bonds. The number of hydrogen-bond donors (Lipinski definition) is 4. The van der Waals surface area contributed by atoms with Crippen LogP contribution in [0.25, 0.3) is 10.8 Å². The van der Waals surface area contributed by atoms with Crippen LogP contribution in [0.4, 0.5) is 0 Å². The van der Waals surface area contributed by atoms with Crippen LogP contribution >= 0.6 is 0 Å². The van der Waals surface area contributed by atoms with Crippen LogP contribution in [0.1, 0.15) is 17.5 Å². The van der Waals surface area contributed by atoms with Crippen molar-refractivity contribution in [1.29, 1.82) is 0 Å². The van der Waals surface area contributed by atoms with E-state index in [0.29, 0.717) is 16.5 Å². The van der Waals surface area contributed by atoms with Crippen LogP contribution in [-0.4, -0.2) is 51.2 Å². The molecule has 2 aliphatic rings. The van der Waals surface area contributed by atoms with E-state index in [9.17, 15) is 29.7 Å². The van der Waals surface area contributed by atoms with E-state index in [1.165, 1.54) is 30.4 Å². The normalized spacial score (nSPS) is 19.8. The second-order valence-corrected chi connectivity index (χ2v) is 7.67. The maximum atomic E-state index is 12.6. The first-order chi connectivity index (χ1) is 15.2. The summed E-state index contributed by atoms with van der Waals surface area (Å²) >= 11 is 0. The fourth-order valence-corrected chi connectivity index (χ4v) is 3.91. The molecule has 0 spiro atoms. The number of esters is 1. The first-order valence-electron chi connectivity index (χ1n) is 9.90. The molecule has 0 bridgehead atoms. The molecule has 2 unspecified atom stereocenters. The van der Waals surface area contributed by atoms with E-state index < -0.39 is 47.5 Å². The average Bonchev–Trinajstić information content (AvgIpc) is 3.02. The number of aliphatic hydroxyl groups excluding tert-OH is 1. The quantitative estimate of drug-likeness (QED) is 0.494. The van der Waals surface area contributed by atoms with Crippen LogP contribution in [0, 0.1) is 0 Å². The Balaban J connectivity index is 1.54. The van der Waals surface area contributed by atoms with Gasteiger partial charge in [0.25, 0.3) is 0 Å². The van der Waals surface area contributed by atoms with Crippen LogP contribution < -0.4 is 5.43 Å². The van der Waals surface area contributed by atoms with E-state index in [2.05, 4.69) is 0 Å². The summed E-state index contributed by atoms with van der Waals surface area (Å²) < 4.78 is 10.9. The Kier molecular flexibility index (Phi) is 5.58. The molecule has 4 N–H and O–H groups in total. The average molecular weight is 440 g/mol. The van der Waals surface area contributed by atoms with Gasteiger partial charge in [0, 0.05) is 23.6 Å². The highest BCUT2D eigenvalue weighted by atomic mass is 16.6. The third-order valence-electron chi connectivity index (χ3n) is 5.46. The molecule has 2 aromatic carbocycles. The Morgan fingerprint density at radius 1 is 1.12 bits per heavy atom. The summed E-state index contributed by atoms with van der Waals surface area (Å²) in [6, 6.07) is 5.79. The van der Waals surface area contributed by atoms with Crippen LogP contribution in [-0.2, 0) is 31.9 Å². The Bertz CT molecular complexity index is 1240. The van der Waals surface area contributed by atoms with Crippen LogP contribution in [0.2, 0.25) is 0 Å². The molecule has 0 radical (unpaired) electrons. The number of rotatable bonds is 6. The number of aliphatic hydroxyl groups is 1. The first kappa shape index (κ1) is 21.4. The number of aliphatic carboxylic acids is 1. The highest BCUT2D eigenvalue weighted by Crippen LogP contribution is 2.31. The van der Waals surface area contributed by atoms with Crippen molar-refractivity contribution in [3.8, 4) is 11.5 Å². The predicted molar refractivity (Wildman–Crippen MR) is 112 cm³/mol. The largest absolute Gasteiger partial charge is 0.510 e. The fraction of sp³-hybridized carbons (Fsp3) is 0.261. The summed E-state index contributed by atoms with van der Waals surface area (Å²) in [6.07, 6.45) is 1.74. The molecule has 0 fully saturated rings. The van der Waals surface area contributed by atoms with Crippen molar-refractivity contribution < 1.29 is 39.5 Å². The third-order valence-corrected chi connectivity index (χ3v) is 5.46. The van der Waals surface area contributed by atoms with Crippen molar-refractivity contribution in [2.45, 2.75) is 31.5 Å². The fourth-order valence-electron chi connectivity index (χ4n) is 3.91. The van der Waals surface area contributed by atoms with Gasteiger partial charge in [0.1, 0.15) is 23.7 Å². The van der Waals surface area contributed by atoms with Gasteiger partial charge in [-0.15, -0.1) is 0 Å². The lowest BCUT2D eigenvalue weighted by molar-refractivity contribution is -0.140. The van der Waals surface area contributed by atoms with E-state index in [1.807, 2.05) is 0 Å². The number of phenolic OH excluding ortho intramolecular Hbond substituents is 1. The minimum atomic E-state index is -1.16. The molecule has 4 rings (SSSR count). The zero-order valence-electron chi connectivity index (χ0n) is 16.8. The van der Waals surface area contributed by atoms with Crippen molar-refractivity contribution in [3.05, 3.63) is 69.1 Å². The van der Waals surface area contributed by atoms with Gasteiger partial charge in [-0.25, -0.2) is 4.79 Å². The molecule has 2 aromatic rings. The Morgan fingerprint density at radius 3 is 2.66 bits per heavy atom. The Morgan fingerprint density at radius 2 is 1.91 bits per heavy atom. The number of ether oxygens (including phenoxy) is 2. The smallest absolute Gasteiger partial charge is 0.331 e. The maximum absolute atomic E-state index is 12.6. The van der Waals surface area contributed by atoms with Gasteiger partial charge < -0.3 is 29.9 Å². The summed E-state index contributed by atoms with van der Waals surface area (Å²) in [5.74, 6) is -2.71. The van der Waals surface area contributed by atoms with Gasteiger partial charge in [-0.1, -0.05) is 18.2 Å². The van der Waals surface area contributed by atoms with Crippen LogP contribution in [0.3, 0.4) is 0 Å². The summed E-state index contributed by atoms with van der Waals surface area (Å²) in [5, 5.41) is 39.9. The minimum absolute atomic E-state index is 0.0181. The van der Waals surface area contributed by atoms with Gasteiger partial charge in [-0.05, 0) is 29.5 Å². The lowest BCUT2D eigenvalue weighted by atomic mass is 9.96. The van der Waals surface area contributed by atoms with Crippen molar-refractivity contribution >= 4 is 22.7 Å². The lowest BCUT2D eigenvalue weighted by Gasteiger charge is -2.25. The highest BCUT2D eigenvalue weighted by Gasteiger charge is 2.34. The van der Waals surface area contributed by atoms with Gasteiger partial charge >= 0.3 is 11.9 Å². The van der Waals surface area contributed by atoms with Gasteiger partial charge in [0.05, 0.1) is 18.4 Å². The summed E-state index contributed by atoms with van der Waals surface area (Å²) in [5.41, 5.74) is 0.390. The molecular formula is C23H20O9. The standard InChI is InChI=1S/C23H20O9/c24-15-7-14-9-20(28)32-17(14)10-18(15)31-4-3-11-5-12-1-2-13(8-19(26)27)22(29)21(12)23(30)16(25)6-11/h1-2,5-7,9,17-18,24,29H,3-4,8,10H2,(H,25,30)(H,26,27). The van der Waals surface area contributed by atoms with Crippen molar-refractivity contribution in [2.24, 2.45) is 0 Å². The molecular weight excluding hydrogens is 420 g/mol. The summed E-state index contributed by atoms with van der Waals surface area (Å²) in [7, 11) is 0. The molecule has 0 saturated heterocycles. The number of carbonyl (C=O) groups is 2. The molecule has 1 aliphatic heterocycles. The molecule has 9 nitrogen and oxygen atoms in total. The number of aromatic hydroxyl groups is 2. The molecule has 2 atom stereocenters. The van der Waals surface area contributed by atoms with Gasteiger partial charge in [-0.2, -0.15) is 0 Å². The number of hydrogen-bond acceptors (Lipinski definition) is 8. The van der Waals surface area contributed by atoms with Gasteiger partial charge in [0.15, 0.2) is 5.75 Å². The summed E-state index contributed by atoms with van der Waals surface area (Å²) in [4.78, 5) is 34.9. The molecule has 32 heavy (non-hydrogen) atoms. The van der Waals surface area contributed by atoms with Crippen LogP contribution in [0.5, 0.6) is 11.5 Å². The first-order valence-corrected chi connectivity index (χ1v) is 9.90. The van der Waals surface area contributed by atoms with Crippen LogP contribution in [0.15, 0.2) is 52.5 Å². The highest BCUT2D eigenvalue weighted by molar-refractivity contribution is 5.91. The van der Waals surface area contributed by atoms with Crippen molar-refractivity contribution in [3.63, 3.8) is 0 Å². The molecule has 1 aliphatic carbocycles. The molecule has 0 aromatic heterocycles. The monoisotopic (exact) mass is 440 g/mol. The van der Waals surface area contributed by atoms with E-state index in [0.717, 1.165) is 0 Å². The van der Waals surface area contributed by atoms with E-state index in [1.54, 1.807) is 6.07 Å². The number of fused-ring (bicyclic) bond motifs is 2. The number of benzene rings is 1. The predicted octanol–water partition coefficient (Wildman–Crippen LogP) is 1.86. The number of phenols is 1. The second kappa shape index (κ2) is 8.35. The topological polar surface area (TPSA) is 151 Å². The number of carbonyl (C=O) groups excluding carboxylic acids is 1. The SMILES string of the molecule is O=C(O)Cc1ccc2cc(CCOC3CC4OC(=O)C=C4C=C3O)cc(O)c(=O)c2c1O. The van der Waals surface area contributed by atoms with Gasteiger partial charge in [0.2, 0.25) is 5.43 Å². The molecule has 9 heteroatoms. The Labute approximate surface area is 181 Å². The summed E-state index contributed by atoms with van der Waals surface area (Å²) in [6.45, 7) is 0.129. The number of carboxylic acids is 1. The third kappa shape index (κ3) is 4.15. The zero-order valence-corrected chi connectivity index (χ0v) is 16.8. The van der Waals surface area contributed by atoms with Crippen molar-refractivity contribution in [1.82, 2.24) is 0 Å². The lowest BCUT2D eigenvalue weighted by Crippen LogP contribution is -2.29. The minimum Gasteiger partial charge on any atom is -0.510 e. The molecule has 166 valence electrons. The maximum Gasteiger partial charge on any atom is 0.331 e. The zero-order chi connectivity index (χ0) is 23.0. The second-order valence-electron chi connectivity index (χ2n) is 7.67. The van der Waals surface area contributed by atoms with E-state index >= 15 is 0 Å². The molecule has 1 heterocycles. The number of carboxylic acid groups (broad SMARTS) is 1. The van der Waals surface area contributed by atoms with Gasteiger partial charge in [-0.3, -0.25) is 9.59 Å². The van der Waals surface area contributed by atoms with E-state index in [-0.39, 0.29) is 36.2 Å².